The van der Waals surface area contributed by atoms with Crippen molar-refractivity contribution in [3.63, 3.8) is 0 Å². The molecule has 14 N–H and O–H groups in total. The molecule has 16 heteroatoms. The molecule has 38 heavy (non-hydrogen) atoms. The first kappa shape index (κ1) is 31.9. The van der Waals surface area contributed by atoms with Crippen LogP contribution in [0, 0.1) is 0 Å². The smallest absolute Gasteiger partial charge is 0.176 e. The van der Waals surface area contributed by atoms with Crippen LogP contribution in [-0.4, -0.2) is 152 Å². The number of aliphatic hydroxyl groups is 8. The van der Waals surface area contributed by atoms with Crippen molar-refractivity contribution in [3.05, 3.63) is 0 Å². The molecule has 0 aromatic carbocycles. The predicted molar refractivity (Wildman–Crippen MR) is 126 cm³/mol. The van der Waals surface area contributed by atoms with E-state index < -0.39 is 111 Å². The Balaban J connectivity index is 1.76. The van der Waals surface area contributed by atoms with Crippen molar-refractivity contribution in [2.24, 2.45) is 17.2 Å². The van der Waals surface area contributed by atoms with E-state index in [0.29, 0.717) is 12.8 Å². The summed E-state index contributed by atoms with van der Waals surface area (Å²) in [6.07, 6.45) is -14.3. The molecule has 3 fully saturated rings. The summed E-state index contributed by atoms with van der Waals surface area (Å²) in [7, 11) is 0. The Labute approximate surface area is 219 Å². The summed E-state index contributed by atoms with van der Waals surface area (Å²) in [6, 6.07) is -3.91. The molecular formula is C22H43N3O13. The van der Waals surface area contributed by atoms with Gasteiger partial charge in [-0.3, -0.25) is 0 Å². The number of ether oxygens (including phenoxy) is 5. The van der Waals surface area contributed by atoms with Gasteiger partial charge < -0.3 is 81.7 Å². The third-order valence-corrected chi connectivity index (χ3v) is 7.55. The van der Waals surface area contributed by atoms with Crippen molar-refractivity contribution in [1.29, 1.82) is 0 Å². The molecule has 0 aromatic heterocycles. The van der Waals surface area contributed by atoms with Crippen molar-refractivity contribution in [2.45, 2.75) is 118 Å². The van der Waals surface area contributed by atoms with Crippen LogP contribution >= 0.6 is 0 Å². The van der Waals surface area contributed by atoms with Gasteiger partial charge in [-0.1, -0.05) is 19.8 Å². The maximum Gasteiger partial charge on any atom is 0.176 e. The van der Waals surface area contributed by atoms with Crippen molar-refractivity contribution in [1.82, 2.24) is 0 Å². The third-order valence-electron chi connectivity index (χ3n) is 7.55. The molecule has 0 radical (unpaired) electrons. The standard InChI is InChI=1S/C22H43N3O13/c1-2-3-4-22(7-28)18(32)15(31)12(25)21(38-22)37-17-9(6-27)35-20(11(24)14(17)30)36-16-8(5-26)34-19(33)10(23)13(16)29/h8-21,26-33H,2-7,23-25H2,1H3/t8-,9-,10-,11-,12-,13-,14-,15-,16?,17?,18+,19-,20+,21+,22-/m1/s1. The van der Waals surface area contributed by atoms with Crippen molar-refractivity contribution >= 4 is 0 Å². The van der Waals surface area contributed by atoms with E-state index in [4.69, 9.17) is 40.9 Å². The van der Waals surface area contributed by atoms with E-state index in [9.17, 15) is 40.9 Å². The fourth-order valence-electron chi connectivity index (χ4n) is 5.03. The van der Waals surface area contributed by atoms with Crippen molar-refractivity contribution < 1.29 is 64.5 Å². The van der Waals surface area contributed by atoms with E-state index in [1.54, 1.807) is 0 Å². The summed E-state index contributed by atoms with van der Waals surface area (Å²) >= 11 is 0. The van der Waals surface area contributed by atoms with Crippen LogP contribution in [0.25, 0.3) is 0 Å². The van der Waals surface area contributed by atoms with Gasteiger partial charge in [0, 0.05) is 0 Å². The molecule has 0 aromatic rings. The molecule has 3 aliphatic rings. The third kappa shape index (κ3) is 6.15. The molecule has 0 bridgehead atoms. The van der Waals surface area contributed by atoms with E-state index in [2.05, 4.69) is 0 Å². The lowest BCUT2D eigenvalue weighted by atomic mass is 9.82. The largest absolute Gasteiger partial charge is 0.394 e. The number of hydrogen-bond acceptors (Lipinski definition) is 16. The molecule has 0 amide bonds. The number of hydrogen-bond donors (Lipinski definition) is 11. The normalized spacial score (nSPS) is 50.2. The predicted octanol–water partition coefficient (Wildman–Crippen LogP) is -6.11. The second-order valence-electron chi connectivity index (χ2n) is 10.1. The van der Waals surface area contributed by atoms with Gasteiger partial charge in [0.05, 0.1) is 37.9 Å². The highest BCUT2D eigenvalue weighted by atomic mass is 16.7. The minimum Gasteiger partial charge on any atom is -0.394 e. The highest BCUT2D eigenvalue weighted by Gasteiger charge is 2.55. The Morgan fingerprint density at radius 3 is 1.82 bits per heavy atom. The second-order valence-corrected chi connectivity index (χ2v) is 10.1. The quantitative estimate of drug-likeness (QED) is 0.119. The molecule has 224 valence electrons. The molecule has 2 unspecified atom stereocenters. The highest BCUT2D eigenvalue weighted by molar-refractivity contribution is 5.03. The molecule has 0 aliphatic carbocycles. The van der Waals surface area contributed by atoms with E-state index in [1.165, 1.54) is 0 Å². The van der Waals surface area contributed by atoms with Crippen molar-refractivity contribution in [3.8, 4) is 0 Å². The number of nitrogens with two attached hydrogens (primary N) is 3. The molecule has 15 atom stereocenters. The molecule has 3 heterocycles. The van der Waals surface area contributed by atoms with Gasteiger partial charge in [0.1, 0.15) is 54.4 Å². The minimum atomic E-state index is -1.58. The van der Waals surface area contributed by atoms with E-state index in [0.717, 1.165) is 0 Å². The van der Waals surface area contributed by atoms with Crippen molar-refractivity contribution in [2.75, 3.05) is 19.8 Å². The summed E-state index contributed by atoms with van der Waals surface area (Å²) in [5.41, 5.74) is 16.3. The Morgan fingerprint density at radius 2 is 1.26 bits per heavy atom. The topological polar surface area (TPSA) is 286 Å². The Morgan fingerprint density at radius 1 is 0.737 bits per heavy atom. The summed E-state index contributed by atoms with van der Waals surface area (Å²) < 4.78 is 28.3. The molecule has 3 aliphatic heterocycles. The SMILES string of the molecule is CCCC[C@]1(CO)O[C@H](OC2[C@@H](CO)O[C@@H](OC3[C@@H](CO)O[C@@H](O)[C@H](N)[C@H]3O)[C@H](N)[C@H]2O)[C@H](N)[C@@H](O)[C@@H]1O. The highest BCUT2D eigenvalue weighted by Crippen LogP contribution is 2.36. The van der Waals surface area contributed by atoms with Gasteiger partial charge in [0.2, 0.25) is 0 Å². The van der Waals surface area contributed by atoms with Crippen LogP contribution in [0.5, 0.6) is 0 Å². The fourth-order valence-corrected chi connectivity index (χ4v) is 5.03. The van der Waals surface area contributed by atoms with Gasteiger partial charge in [-0.2, -0.15) is 0 Å². The zero-order valence-corrected chi connectivity index (χ0v) is 21.2. The average Bonchev–Trinajstić information content (AvgIpc) is 2.92. The maximum absolute atomic E-state index is 11.0. The minimum absolute atomic E-state index is 0.183. The molecule has 0 saturated carbocycles. The summed E-state index contributed by atoms with van der Waals surface area (Å²) in [5, 5.41) is 82.1. The fraction of sp³-hybridized carbons (Fsp3) is 1.00. The summed E-state index contributed by atoms with van der Waals surface area (Å²) in [4.78, 5) is 0. The summed E-state index contributed by atoms with van der Waals surface area (Å²) in [6.45, 7) is -0.0986. The molecule has 3 rings (SSSR count). The zero-order valence-electron chi connectivity index (χ0n) is 21.2. The Kier molecular flexibility index (Phi) is 11.2. The summed E-state index contributed by atoms with van der Waals surface area (Å²) in [5.74, 6) is 0. The van der Waals surface area contributed by atoms with Gasteiger partial charge in [-0.25, -0.2) is 0 Å². The number of aliphatic hydroxyl groups excluding tert-OH is 8. The van der Waals surface area contributed by atoms with Gasteiger partial charge in [-0.05, 0) is 6.42 Å². The van der Waals surface area contributed by atoms with Crippen LogP contribution in [0.4, 0.5) is 0 Å². The molecule has 0 spiro atoms. The first-order chi connectivity index (χ1) is 18.0. The van der Waals surface area contributed by atoms with Crippen LogP contribution in [0.2, 0.25) is 0 Å². The number of rotatable bonds is 10. The second kappa shape index (κ2) is 13.3. The van der Waals surface area contributed by atoms with Gasteiger partial charge in [-0.15, -0.1) is 0 Å². The van der Waals surface area contributed by atoms with Gasteiger partial charge in [0.25, 0.3) is 0 Å². The lowest BCUT2D eigenvalue weighted by Gasteiger charge is -2.51. The lowest BCUT2D eigenvalue weighted by molar-refractivity contribution is -0.361. The average molecular weight is 558 g/mol. The maximum atomic E-state index is 11.0. The molecule has 16 nitrogen and oxygen atoms in total. The lowest BCUT2D eigenvalue weighted by Crippen LogP contribution is -2.71. The first-order valence-corrected chi connectivity index (χ1v) is 12.8. The van der Waals surface area contributed by atoms with E-state index >= 15 is 0 Å². The van der Waals surface area contributed by atoms with Gasteiger partial charge in [0.15, 0.2) is 18.9 Å². The molecule has 3 saturated heterocycles. The molecular weight excluding hydrogens is 514 g/mol. The van der Waals surface area contributed by atoms with E-state index in [-0.39, 0.29) is 6.42 Å². The Bertz CT molecular complexity index is 739. The Hall–Kier alpha value is -0.640. The van der Waals surface area contributed by atoms with Crippen LogP contribution in [0.15, 0.2) is 0 Å². The monoisotopic (exact) mass is 557 g/mol. The van der Waals surface area contributed by atoms with Gasteiger partial charge >= 0.3 is 0 Å². The van der Waals surface area contributed by atoms with Crippen LogP contribution in [-0.2, 0) is 23.7 Å². The zero-order chi connectivity index (χ0) is 28.4. The van der Waals surface area contributed by atoms with Crippen LogP contribution in [0.1, 0.15) is 26.2 Å². The van der Waals surface area contributed by atoms with Crippen LogP contribution in [0.3, 0.4) is 0 Å². The van der Waals surface area contributed by atoms with E-state index in [1.807, 2.05) is 6.92 Å². The first-order valence-electron chi connectivity index (χ1n) is 12.8. The number of unbranched alkanes of at least 4 members (excludes halogenated alkanes) is 1. The van der Waals surface area contributed by atoms with Crippen LogP contribution < -0.4 is 17.2 Å².